The minimum atomic E-state index is -3.56. The van der Waals surface area contributed by atoms with Crippen LogP contribution in [0.1, 0.15) is 21.5 Å². The third-order valence-corrected chi connectivity index (χ3v) is 6.49. The number of morpholine rings is 1. The van der Waals surface area contributed by atoms with Crippen LogP contribution in [0.2, 0.25) is 0 Å². The van der Waals surface area contributed by atoms with Gasteiger partial charge in [0.15, 0.2) is 0 Å². The van der Waals surface area contributed by atoms with Gasteiger partial charge in [-0.3, -0.25) is 4.79 Å². The van der Waals surface area contributed by atoms with Gasteiger partial charge in [0.25, 0.3) is 5.91 Å². The average molecular weight is 419 g/mol. The van der Waals surface area contributed by atoms with Gasteiger partial charge < -0.3 is 14.8 Å². The second kappa shape index (κ2) is 9.39. The molecule has 1 fully saturated rings. The molecule has 0 aliphatic carbocycles. The van der Waals surface area contributed by atoms with Gasteiger partial charge in [0.2, 0.25) is 10.0 Å². The van der Waals surface area contributed by atoms with Crippen molar-refractivity contribution >= 4 is 15.9 Å². The first-order valence-electron chi connectivity index (χ1n) is 9.53. The van der Waals surface area contributed by atoms with E-state index in [9.17, 15) is 13.2 Å². The molecule has 2 aromatic carbocycles. The predicted octanol–water partition coefficient (Wildman–Crippen LogP) is 2.13. The molecule has 1 heterocycles. The lowest BCUT2D eigenvalue weighted by molar-refractivity contribution is 0.0730. The Kier molecular flexibility index (Phi) is 6.89. The highest BCUT2D eigenvalue weighted by atomic mass is 32.2. The van der Waals surface area contributed by atoms with Crippen LogP contribution in [-0.2, 0) is 14.8 Å². The lowest BCUT2D eigenvalue weighted by Gasteiger charge is -2.26. The lowest BCUT2D eigenvalue weighted by Crippen LogP contribution is -2.40. The molecule has 0 radical (unpaired) electrons. The Hall–Kier alpha value is -2.42. The van der Waals surface area contributed by atoms with E-state index in [2.05, 4.69) is 11.4 Å². The van der Waals surface area contributed by atoms with Crippen LogP contribution in [0.3, 0.4) is 0 Å². The summed E-state index contributed by atoms with van der Waals surface area (Å²) in [7, 11) is -3.56. The number of carbonyl (C=O) groups is 1. The fourth-order valence-corrected chi connectivity index (χ4v) is 4.57. The maximum Gasteiger partial charge on any atom is 0.251 e. The number of sulfonamides is 1. The van der Waals surface area contributed by atoms with Gasteiger partial charge in [0, 0.05) is 18.7 Å². The van der Waals surface area contributed by atoms with Gasteiger partial charge in [0.1, 0.15) is 12.4 Å². The Morgan fingerprint density at radius 3 is 2.31 bits per heavy atom. The Labute approximate surface area is 171 Å². The maximum absolute atomic E-state index is 12.6. The van der Waals surface area contributed by atoms with Gasteiger partial charge in [-0.05, 0) is 61.4 Å². The summed E-state index contributed by atoms with van der Waals surface area (Å²) in [5.41, 5.74) is 2.64. The number of amides is 1. The van der Waals surface area contributed by atoms with Crippen molar-refractivity contribution < 1.29 is 22.7 Å². The molecule has 2 aromatic rings. The standard InChI is InChI=1S/C21H26N2O5S/c1-16-13-17(2)15-19(14-16)28-10-7-22-21(24)18-3-5-20(6-4-18)29(25,26)23-8-11-27-12-9-23/h3-6,13-15H,7-12H2,1-2H3,(H,22,24). The molecule has 1 aliphatic heterocycles. The maximum atomic E-state index is 12.6. The summed E-state index contributed by atoms with van der Waals surface area (Å²) in [5.74, 6) is 0.499. The number of hydrogen-bond donors (Lipinski definition) is 1. The van der Waals surface area contributed by atoms with Crippen LogP contribution in [0, 0.1) is 13.8 Å². The van der Waals surface area contributed by atoms with E-state index >= 15 is 0 Å². The van der Waals surface area contributed by atoms with Crippen molar-refractivity contribution in [2.45, 2.75) is 18.7 Å². The second-order valence-corrected chi connectivity index (χ2v) is 8.91. The Balaban J connectivity index is 1.52. The van der Waals surface area contributed by atoms with Crippen molar-refractivity contribution in [3.05, 3.63) is 59.2 Å². The molecule has 0 spiro atoms. The Morgan fingerprint density at radius 2 is 1.69 bits per heavy atom. The zero-order chi connectivity index (χ0) is 20.9. The highest BCUT2D eigenvalue weighted by Gasteiger charge is 2.26. The molecule has 8 heteroatoms. The van der Waals surface area contributed by atoms with Crippen LogP contribution in [0.25, 0.3) is 0 Å². The first-order chi connectivity index (χ1) is 13.9. The minimum absolute atomic E-state index is 0.175. The first-order valence-corrected chi connectivity index (χ1v) is 11.0. The number of benzene rings is 2. The van der Waals surface area contributed by atoms with Crippen LogP contribution < -0.4 is 10.1 Å². The van der Waals surface area contributed by atoms with E-state index in [1.54, 1.807) is 0 Å². The van der Waals surface area contributed by atoms with Crippen LogP contribution >= 0.6 is 0 Å². The predicted molar refractivity (Wildman–Crippen MR) is 110 cm³/mol. The molecule has 0 unspecified atom stereocenters. The van der Waals surface area contributed by atoms with Crippen molar-refractivity contribution in [2.24, 2.45) is 0 Å². The number of rotatable bonds is 7. The van der Waals surface area contributed by atoms with Crippen LogP contribution in [0.4, 0.5) is 0 Å². The van der Waals surface area contributed by atoms with E-state index < -0.39 is 10.0 Å². The summed E-state index contributed by atoms with van der Waals surface area (Å²) in [6, 6.07) is 11.9. The summed E-state index contributed by atoms with van der Waals surface area (Å²) in [5, 5.41) is 2.78. The van der Waals surface area contributed by atoms with Crippen molar-refractivity contribution in [3.63, 3.8) is 0 Å². The van der Waals surface area contributed by atoms with E-state index in [0.717, 1.165) is 16.9 Å². The van der Waals surface area contributed by atoms with Gasteiger partial charge in [-0.1, -0.05) is 6.07 Å². The molecule has 1 N–H and O–H groups in total. The number of carbonyl (C=O) groups excluding carboxylic acids is 1. The summed E-state index contributed by atoms with van der Waals surface area (Å²) in [6.07, 6.45) is 0. The zero-order valence-corrected chi connectivity index (χ0v) is 17.5. The molecule has 3 rings (SSSR count). The molecular formula is C21H26N2O5S. The van der Waals surface area contributed by atoms with Crippen molar-refractivity contribution in [1.29, 1.82) is 0 Å². The highest BCUT2D eigenvalue weighted by Crippen LogP contribution is 2.18. The summed E-state index contributed by atoms with van der Waals surface area (Å²) >= 11 is 0. The molecule has 1 aliphatic rings. The fraction of sp³-hybridized carbons (Fsp3) is 0.381. The second-order valence-electron chi connectivity index (χ2n) is 6.97. The van der Waals surface area contributed by atoms with Crippen molar-refractivity contribution in [3.8, 4) is 5.75 Å². The largest absolute Gasteiger partial charge is 0.492 e. The third kappa shape index (κ3) is 5.56. The molecule has 0 saturated carbocycles. The number of aryl methyl sites for hydroxylation is 2. The number of ether oxygens (including phenoxy) is 2. The van der Waals surface area contributed by atoms with Crippen LogP contribution in [-0.4, -0.2) is 58.1 Å². The minimum Gasteiger partial charge on any atom is -0.492 e. The van der Waals surface area contributed by atoms with E-state index in [1.807, 2.05) is 26.0 Å². The van der Waals surface area contributed by atoms with Crippen LogP contribution in [0.15, 0.2) is 47.4 Å². The SMILES string of the molecule is Cc1cc(C)cc(OCCNC(=O)c2ccc(S(=O)(=O)N3CCOCC3)cc2)c1. The Morgan fingerprint density at radius 1 is 1.07 bits per heavy atom. The van der Waals surface area contributed by atoms with Gasteiger partial charge in [-0.15, -0.1) is 0 Å². The van der Waals surface area contributed by atoms with E-state index in [1.165, 1.54) is 28.6 Å². The van der Waals surface area contributed by atoms with Crippen LogP contribution in [0.5, 0.6) is 5.75 Å². The van der Waals surface area contributed by atoms with E-state index in [4.69, 9.17) is 9.47 Å². The van der Waals surface area contributed by atoms with Crippen molar-refractivity contribution in [1.82, 2.24) is 9.62 Å². The molecule has 0 aromatic heterocycles. The zero-order valence-electron chi connectivity index (χ0n) is 16.7. The fourth-order valence-electron chi connectivity index (χ4n) is 3.17. The molecule has 0 atom stereocenters. The number of hydrogen-bond acceptors (Lipinski definition) is 5. The molecule has 1 amide bonds. The third-order valence-electron chi connectivity index (χ3n) is 4.58. The van der Waals surface area contributed by atoms with Gasteiger partial charge in [-0.2, -0.15) is 4.31 Å². The Bertz CT molecular complexity index is 931. The molecule has 29 heavy (non-hydrogen) atoms. The van der Waals surface area contributed by atoms with E-state index in [-0.39, 0.29) is 10.8 Å². The molecule has 0 bridgehead atoms. The summed E-state index contributed by atoms with van der Waals surface area (Å²) in [4.78, 5) is 12.5. The first kappa shape index (κ1) is 21.3. The molecule has 156 valence electrons. The van der Waals surface area contributed by atoms with E-state index in [0.29, 0.717) is 45.0 Å². The number of nitrogens with one attached hydrogen (secondary N) is 1. The van der Waals surface area contributed by atoms with Gasteiger partial charge in [0.05, 0.1) is 24.7 Å². The smallest absolute Gasteiger partial charge is 0.251 e. The van der Waals surface area contributed by atoms with Crippen molar-refractivity contribution in [2.75, 3.05) is 39.5 Å². The monoisotopic (exact) mass is 418 g/mol. The summed E-state index contributed by atoms with van der Waals surface area (Å²) in [6.45, 7) is 6.16. The average Bonchev–Trinajstić information content (AvgIpc) is 2.71. The lowest BCUT2D eigenvalue weighted by atomic mass is 10.1. The summed E-state index contributed by atoms with van der Waals surface area (Å²) < 4.78 is 37.5. The highest BCUT2D eigenvalue weighted by molar-refractivity contribution is 7.89. The normalized spacial score (nSPS) is 15.1. The molecule has 7 nitrogen and oxygen atoms in total. The number of nitrogens with zero attached hydrogens (tertiary/aromatic N) is 1. The topological polar surface area (TPSA) is 84.9 Å². The van der Waals surface area contributed by atoms with Gasteiger partial charge >= 0.3 is 0 Å². The van der Waals surface area contributed by atoms with Gasteiger partial charge in [-0.25, -0.2) is 8.42 Å². The molecular weight excluding hydrogens is 392 g/mol. The quantitative estimate of drug-likeness (QED) is 0.697. The molecule has 1 saturated heterocycles.